The first-order valence-electron chi connectivity index (χ1n) is 10.7. The van der Waals surface area contributed by atoms with Gasteiger partial charge in [-0.25, -0.2) is 19.0 Å². The Morgan fingerprint density at radius 1 is 1.28 bits per heavy atom. The second-order valence-electron chi connectivity index (χ2n) is 9.34. The van der Waals surface area contributed by atoms with E-state index in [-0.39, 0.29) is 25.4 Å². The average molecular weight is 445 g/mol. The molecule has 2 atom stereocenters. The molecular weight excluding hydrogens is 417 g/mol. The minimum absolute atomic E-state index is 0.0433. The highest BCUT2D eigenvalue weighted by Gasteiger charge is 2.35. The van der Waals surface area contributed by atoms with Gasteiger partial charge in [-0.3, -0.25) is 15.0 Å². The van der Waals surface area contributed by atoms with Gasteiger partial charge in [0, 0.05) is 31.1 Å². The molecule has 2 saturated heterocycles. The summed E-state index contributed by atoms with van der Waals surface area (Å²) >= 11 is 0. The number of likely N-dealkylation sites (tertiary alicyclic amines) is 1. The van der Waals surface area contributed by atoms with Gasteiger partial charge in [0.25, 0.3) is 0 Å². The van der Waals surface area contributed by atoms with Gasteiger partial charge >= 0.3 is 12.1 Å². The van der Waals surface area contributed by atoms with Crippen molar-refractivity contribution in [2.24, 2.45) is 0 Å². The molecule has 4 amide bonds. The lowest BCUT2D eigenvalue weighted by molar-refractivity contribution is -0.120. The SMILES string of the molecule is Cc1cn(C2CCN(C(=O)OC(C)(C)C)C[C@H]2F)c2ncc(N3CCC(=O)NC3=O)cc12. The van der Waals surface area contributed by atoms with Gasteiger partial charge in [0.1, 0.15) is 17.4 Å². The molecule has 10 heteroatoms. The fourth-order valence-electron chi connectivity index (χ4n) is 4.19. The largest absolute Gasteiger partial charge is 0.444 e. The van der Waals surface area contributed by atoms with Crippen molar-refractivity contribution in [2.75, 3.05) is 24.5 Å². The first-order chi connectivity index (χ1) is 15.0. The molecule has 4 heterocycles. The van der Waals surface area contributed by atoms with Gasteiger partial charge in [0.05, 0.1) is 24.5 Å². The van der Waals surface area contributed by atoms with Crippen LogP contribution in [0.4, 0.5) is 19.7 Å². The molecule has 2 aromatic heterocycles. The van der Waals surface area contributed by atoms with E-state index in [1.54, 1.807) is 27.0 Å². The lowest BCUT2D eigenvalue weighted by Gasteiger charge is -2.36. The van der Waals surface area contributed by atoms with E-state index >= 15 is 4.39 Å². The third-order valence-electron chi connectivity index (χ3n) is 5.74. The van der Waals surface area contributed by atoms with Crippen LogP contribution >= 0.6 is 0 Å². The summed E-state index contributed by atoms with van der Waals surface area (Å²) in [6.45, 7) is 7.89. The van der Waals surface area contributed by atoms with E-state index in [1.807, 2.05) is 23.8 Å². The molecule has 0 spiro atoms. The summed E-state index contributed by atoms with van der Waals surface area (Å²) in [4.78, 5) is 43.3. The molecular formula is C22H28FN5O4. The van der Waals surface area contributed by atoms with E-state index in [2.05, 4.69) is 10.3 Å². The highest BCUT2D eigenvalue weighted by molar-refractivity contribution is 6.06. The number of alkyl halides is 1. The van der Waals surface area contributed by atoms with Crippen LogP contribution in [-0.2, 0) is 9.53 Å². The third-order valence-corrected chi connectivity index (χ3v) is 5.74. The van der Waals surface area contributed by atoms with Gasteiger partial charge in [-0.05, 0) is 45.7 Å². The Morgan fingerprint density at radius 2 is 2.03 bits per heavy atom. The lowest BCUT2D eigenvalue weighted by Crippen LogP contribution is -2.49. The van der Waals surface area contributed by atoms with E-state index < -0.39 is 29.9 Å². The number of carbonyl (C=O) groups excluding carboxylic acids is 3. The number of hydrogen-bond donors (Lipinski definition) is 1. The minimum atomic E-state index is -1.27. The Hall–Kier alpha value is -3.17. The number of anilines is 1. The van der Waals surface area contributed by atoms with Crippen LogP contribution < -0.4 is 10.2 Å². The number of carbonyl (C=O) groups is 3. The van der Waals surface area contributed by atoms with E-state index in [4.69, 9.17) is 4.74 Å². The summed E-state index contributed by atoms with van der Waals surface area (Å²) in [7, 11) is 0. The van der Waals surface area contributed by atoms with E-state index in [1.165, 1.54) is 9.80 Å². The molecule has 2 aromatic rings. The number of fused-ring (bicyclic) bond motifs is 1. The van der Waals surface area contributed by atoms with Crippen molar-refractivity contribution in [3.05, 3.63) is 24.0 Å². The number of rotatable bonds is 2. The molecule has 1 N–H and O–H groups in total. The standard InChI is InChI=1S/C22H28FN5O4/c1-13-11-28(17-5-7-26(12-16(17)23)21(31)32-22(2,3)4)19-15(13)9-14(10-24-19)27-8-6-18(29)25-20(27)30/h9-11,16-17H,5-8,12H2,1-4H3,(H,25,29,30)/t16-,17?/m1/s1. The maximum Gasteiger partial charge on any atom is 0.410 e. The summed E-state index contributed by atoms with van der Waals surface area (Å²) in [6, 6.07) is 0.907. The molecule has 172 valence electrons. The molecule has 0 aromatic carbocycles. The molecule has 0 aliphatic carbocycles. The first kappa shape index (κ1) is 22.0. The summed E-state index contributed by atoms with van der Waals surface area (Å²) < 4.78 is 22.4. The third kappa shape index (κ3) is 4.26. The zero-order valence-corrected chi connectivity index (χ0v) is 18.7. The number of pyridine rings is 1. The van der Waals surface area contributed by atoms with Crippen LogP contribution in [-0.4, -0.2) is 63.9 Å². The van der Waals surface area contributed by atoms with Gasteiger partial charge < -0.3 is 14.2 Å². The second kappa shape index (κ2) is 8.07. The van der Waals surface area contributed by atoms with Crippen LogP contribution in [0.15, 0.2) is 18.5 Å². The molecule has 2 aliphatic heterocycles. The lowest BCUT2D eigenvalue weighted by atomic mass is 10.0. The number of hydrogen-bond acceptors (Lipinski definition) is 5. The number of halogens is 1. The molecule has 32 heavy (non-hydrogen) atoms. The number of nitrogens with one attached hydrogen (secondary N) is 1. The quantitative estimate of drug-likeness (QED) is 0.765. The first-order valence-corrected chi connectivity index (χ1v) is 10.7. The van der Waals surface area contributed by atoms with E-state index in [9.17, 15) is 14.4 Å². The Balaban J connectivity index is 1.55. The number of ether oxygens (including phenoxy) is 1. The number of piperidine rings is 1. The van der Waals surface area contributed by atoms with Crippen LogP contribution in [0.5, 0.6) is 0 Å². The second-order valence-corrected chi connectivity index (χ2v) is 9.34. The van der Waals surface area contributed by atoms with Crippen molar-refractivity contribution in [2.45, 2.75) is 58.4 Å². The van der Waals surface area contributed by atoms with Crippen LogP contribution in [0.25, 0.3) is 11.0 Å². The van der Waals surface area contributed by atoms with Crippen molar-refractivity contribution >= 4 is 34.8 Å². The van der Waals surface area contributed by atoms with Crippen LogP contribution in [0.2, 0.25) is 0 Å². The molecule has 0 saturated carbocycles. The average Bonchev–Trinajstić information content (AvgIpc) is 3.02. The minimum Gasteiger partial charge on any atom is -0.444 e. The summed E-state index contributed by atoms with van der Waals surface area (Å²) in [5, 5.41) is 3.12. The Bertz CT molecular complexity index is 1080. The number of aryl methyl sites for hydroxylation is 1. The van der Waals surface area contributed by atoms with Gasteiger partial charge in [-0.15, -0.1) is 0 Å². The van der Waals surface area contributed by atoms with Crippen molar-refractivity contribution in [1.82, 2.24) is 19.8 Å². The number of amides is 4. The molecule has 2 fully saturated rings. The smallest absolute Gasteiger partial charge is 0.410 e. The van der Waals surface area contributed by atoms with Gasteiger partial charge in [-0.2, -0.15) is 0 Å². The molecule has 9 nitrogen and oxygen atoms in total. The molecule has 0 radical (unpaired) electrons. The predicted octanol–water partition coefficient (Wildman–Crippen LogP) is 3.31. The van der Waals surface area contributed by atoms with Gasteiger partial charge in [-0.1, -0.05) is 0 Å². The fraction of sp³-hybridized carbons (Fsp3) is 0.545. The molecule has 4 rings (SSSR count). The molecule has 1 unspecified atom stereocenters. The van der Waals surface area contributed by atoms with Crippen molar-refractivity contribution in [3.63, 3.8) is 0 Å². The van der Waals surface area contributed by atoms with Crippen molar-refractivity contribution in [3.8, 4) is 0 Å². The maximum absolute atomic E-state index is 15.2. The van der Waals surface area contributed by atoms with Crippen LogP contribution in [0.3, 0.4) is 0 Å². The topological polar surface area (TPSA) is 96.8 Å². The van der Waals surface area contributed by atoms with E-state index in [0.717, 1.165) is 10.9 Å². The Kier molecular flexibility index (Phi) is 5.56. The maximum atomic E-state index is 15.2. The summed E-state index contributed by atoms with van der Waals surface area (Å²) in [5.74, 6) is -0.297. The number of imide groups is 1. The van der Waals surface area contributed by atoms with Crippen molar-refractivity contribution < 1.29 is 23.5 Å². The van der Waals surface area contributed by atoms with Gasteiger partial charge in [0.15, 0.2) is 0 Å². The Labute approximate surface area is 185 Å². The number of urea groups is 1. The van der Waals surface area contributed by atoms with E-state index in [0.29, 0.717) is 24.3 Å². The van der Waals surface area contributed by atoms with Crippen molar-refractivity contribution in [1.29, 1.82) is 0 Å². The predicted molar refractivity (Wildman–Crippen MR) is 116 cm³/mol. The van der Waals surface area contributed by atoms with Crippen LogP contribution in [0, 0.1) is 6.92 Å². The number of aromatic nitrogens is 2. The zero-order chi connectivity index (χ0) is 23.2. The molecule has 0 bridgehead atoms. The monoisotopic (exact) mass is 445 g/mol. The number of nitrogens with zero attached hydrogens (tertiary/aromatic N) is 4. The molecule has 2 aliphatic rings. The summed E-state index contributed by atoms with van der Waals surface area (Å²) in [5.41, 5.74) is 1.48. The van der Waals surface area contributed by atoms with Crippen LogP contribution in [0.1, 0.15) is 45.2 Å². The zero-order valence-electron chi connectivity index (χ0n) is 18.7. The highest BCUT2D eigenvalue weighted by atomic mass is 19.1. The highest BCUT2D eigenvalue weighted by Crippen LogP contribution is 2.33. The van der Waals surface area contributed by atoms with Gasteiger partial charge in [0.2, 0.25) is 5.91 Å². The normalized spacial score (nSPS) is 22.3. The fourth-order valence-corrected chi connectivity index (χ4v) is 4.19. The summed E-state index contributed by atoms with van der Waals surface area (Å²) in [6.07, 6.45) is 2.31. The Morgan fingerprint density at radius 3 is 2.69 bits per heavy atom.